The maximum Gasteiger partial charge on any atom is 0.126 e. The molecular weight excluding hydrogens is 107 g/mol. The number of rotatable bonds is 1. The minimum atomic E-state index is -1.11. The summed E-state index contributed by atoms with van der Waals surface area (Å²) in [6.45, 7) is 0.126. The molecule has 48 valence electrons. The Balaban J connectivity index is 2.30. The molecule has 0 unspecified atom stereocenters. The first kappa shape index (κ1) is 5.98. The molecule has 0 aromatic rings. The highest BCUT2D eigenvalue weighted by atomic mass is 19.1. The van der Waals surface area contributed by atoms with E-state index in [1.165, 1.54) is 0 Å². The van der Waals surface area contributed by atoms with Gasteiger partial charge in [-0.15, -0.1) is 0 Å². The number of nitrogens with two attached hydrogens (primary N) is 2. The van der Waals surface area contributed by atoms with Crippen molar-refractivity contribution in [2.75, 3.05) is 6.54 Å². The molecular formula is C5H11FN2. The average molecular weight is 118 g/mol. The fourth-order valence-corrected chi connectivity index (χ4v) is 1.05. The third-order valence-electron chi connectivity index (χ3n) is 1.62. The topological polar surface area (TPSA) is 52.0 Å². The van der Waals surface area contributed by atoms with Gasteiger partial charge in [0.1, 0.15) is 5.67 Å². The highest BCUT2D eigenvalue weighted by Gasteiger charge is 2.41. The Morgan fingerprint density at radius 2 is 2.12 bits per heavy atom. The van der Waals surface area contributed by atoms with E-state index in [1.54, 1.807) is 0 Å². The molecule has 0 saturated heterocycles. The van der Waals surface area contributed by atoms with Crippen molar-refractivity contribution >= 4 is 0 Å². The van der Waals surface area contributed by atoms with Crippen molar-refractivity contribution in [2.24, 2.45) is 11.5 Å². The lowest BCUT2D eigenvalue weighted by atomic mass is 9.78. The number of halogens is 1. The lowest BCUT2D eigenvalue weighted by Gasteiger charge is -2.38. The van der Waals surface area contributed by atoms with Crippen LogP contribution in [0.1, 0.15) is 12.8 Å². The summed E-state index contributed by atoms with van der Waals surface area (Å²) in [5.41, 5.74) is 9.32. The third kappa shape index (κ3) is 0.833. The zero-order valence-corrected chi connectivity index (χ0v) is 4.73. The second kappa shape index (κ2) is 1.67. The van der Waals surface area contributed by atoms with Gasteiger partial charge < -0.3 is 11.5 Å². The van der Waals surface area contributed by atoms with Gasteiger partial charge in [0, 0.05) is 12.6 Å². The molecule has 0 spiro atoms. The van der Waals surface area contributed by atoms with Crippen LogP contribution in [-0.2, 0) is 0 Å². The average Bonchev–Trinajstić information content (AvgIpc) is 1.63. The minimum absolute atomic E-state index is 0.0588. The first-order valence-corrected chi connectivity index (χ1v) is 2.81. The molecule has 0 atom stereocenters. The summed E-state index contributed by atoms with van der Waals surface area (Å²) in [6, 6.07) is 0.0588. The van der Waals surface area contributed by atoms with Gasteiger partial charge in [0.25, 0.3) is 0 Å². The summed E-state index contributed by atoms with van der Waals surface area (Å²) in [5, 5.41) is 0. The number of hydrogen-bond donors (Lipinski definition) is 2. The van der Waals surface area contributed by atoms with E-state index < -0.39 is 5.67 Å². The van der Waals surface area contributed by atoms with E-state index in [4.69, 9.17) is 11.5 Å². The van der Waals surface area contributed by atoms with Crippen LogP contribution in [0.5, 0.6) is 0 Å². The highest BCUT2D eigenvalue weighted by Crippen LogP contribution is 2.33. The molecule has 0 amide bonds. The number of alkyl halides is 1. The van der Waals surface area contributed by atoms with E-state index in [1.807, 2.05) is 0 Å². The second-order valence-corrected chi connectivity index (χ2v) is 2.52. The Morgan fingerprint density at radius 1 is 1.62 bits per heavy atom. The van der Waals surface area contributed by atoms with Gasteiger partial charge >= 0.3 is 0 Å². The van der Waals surface area contributed by atoms with Crippen LogP contribution < -0.4 is 11.5 Å². The summed E-state index contributed by atoms with van der Waals surface area (Å²) in [4.78, 5) is 0. The van der Waals surface area contributed by atoms with E-state index in [0.29, 0.717) is 12.8 Å². The Labute approximate surface area is 48.0 Å². The maximum atomic E-state index is 12.7. The van der Waals surface area contributed by atoms with Crippen LogP contribution in [0.4, 0.5) is 4.39 Å². The van der Waals surface area contributed by atoms with E-state index in [9.17, 15) is 4.39 Å². The fourth-order valence-electron chi connectivity index (χ4n) is 1.05. The molecule has 1 saturated carbocycles. The molecule has 1 fully saturated rings. The first-order chi connectivity index (χ1) is 3.66. The first-order valence-electron chi connectivity index (χ1n) is 2.81. The predicted octanol–water partition coefficient (Wildman–Crippen LogP) is -0.225. The van der Waals surface area contributed by atoms with Crippen LogP contribution in [0.2, 0.25) is 0 Å². The Kier molecular flexibility index (Phi) is 1.25. The van der Waals surface area contributed by atoms with Gasteiger partial charge in [-0.2, -0.15) is 0 Å². The van der Waals surface area contributed by atoms with Gasteiger partial charge in [-0.25, -0.2) is 4.39 Å². The maximum absolute atomic E-state index is 12.7. The van der Waals surface area contributed by atoms with Crippen molar-refractivity contribution in [3.63, 3.8) is 0 Å². The Hall–Kier alpha value is -0.150. The molecule has 0 aromatic carbocycles. The molecule has 1 aliphatic carbocycles. The van der Waals surface area contributed by atoms with Gasteiger partial charge in [0.2, 0.25) is 0 Å². The summed E-state index contributed by atoms with van der Waals surface area (Å²) in [6.07, 6.45) is 0.896. The summed E-state index contributed by atoms with van der Waals surface area (Å²) >= 11 is 0. The summed E-state index contributed by atoms with van der Waals surface area (Å²) in [5.74, 6) is 0. The summed E-state index contributed by atoms with van der Waals surface area (Å²) < 4.78 is 12.7. The predicted molar refractivity (Wildman–Crippen MR) is 30.1 cm³/mol. The van der Waals surface area contributed by atoms with Gasteiger partial charge in [0.15, 0.2) is 0 Å². The van der Waals surface area contributed by atoms with Gasteiger partial charge in [0.05, 0.1) is 0 Å². The second-order valence-electron chi connectivity index (χ2n) is 2.52. The molecule has 1 aliphatic rings. The molecule has 0 heterocycles. The van der Waals surface area contributed by atoms with E-state index >= 15 is 0 Å². The Bertz CT molecular complexity index is 88.4. The Morgan fingerprint density at radius 3 is 2.25 bits per heavy atom. The van der Waals surface area contributed by atoms with E-state index in [-0.39, 0.29) is 12.6 Å². The van der Waals surface area contributed by atoms with Crippen molar-refractivity contribution in [3.8, 4) is 0 Å². The van der Waals surface area contributed by atoms with Gasteiger partial charge in [-0.05, 0) is 12.8 Å². The zero-order valence-electron chi connectivity index (χ0n) is 4.73. The molecule has 0 radical (unpaired) electrons. The molecule has 0 bridgehead atoms. The van der Waals surface area contributed by atoms with Crippen LogP contribution in [0.25, 0.3) is 0 Å². The lowest BCUT2D eigenvalue weighted by molar-refractivity contribution is 0.0534. The third-order valence-corrected chi connectivity index (χ3v) is 1.62. The lowest BCUT2D eigenvalue weighted by Crippen LogP contribution is -2.52. The van der Waals surface area contributed by atoms with Crippen LogP contribution in [0.15, 0.2) is 0 Å². The standard InChI is InChI=1S/C5H11FN2/c6-5(3-7)1-4(8)2-5/h4H,1-3,7-8H2. The highest BCUT2D eigenvalue weighted by molar-refractivity contribution is 4.97. The van der Waals surface area contributed by atoms with Crippen molar-refractivity contribution < 1.29 is 4.39 Å². The van der Waals surface area contributed by atoms with Crippen LogP contribution in [-0.4, -0.2) is 18.3 Å². The smallest absolute Gasteiger partial charge is 0.126 e. The molecule has 2 nitrogen and oxygen atoms in total. The SMILES string of the molecule is NCC1(F)CC(N)C1. The van der Waals surface area contributed by atoms with Crippen molar-refractivity contribution in [3.05, 3.63) is 0 Å². The normalized spacial score (nSPS) is 46.1. The van der Waals surface area contributed by atoms with Crippen molar-refractivity contribution in [1.29, 1.82) is 0 Å². The van der Waals surface area contributed by atoms with Crippen molar-refractivity contribution in [2.45, 2.75) is 24.6 Å². The van der Waals surface area contributed by atoms with Crippen molar-refractivity contribution in [1.82, 2.24) is 0 Å². The number of hydrogen-bond acceptors (Lipinski definition) is 2. The zero-order chi connectivity index (χ0) is 6.20. The van der Waals surface area contributed by atoms with Gasteiger partial charge in [-0.1, -0.05) is 0 Å². The van der Waals surface area contributed by atoms with E-state index in [2.05, 4.69) is 0 Å². The molecule has 0 aliphatic heterocycles. The minimum Gasteiger partial charge on any atom is -0.328 e. The van der Waals surface area contributed by atoms with E-state index in [0.717, 1.165) is 0 Å². The van der Waals surface area contributed by atoms with Gasteiger partial charge in [-0.3, -0.25) is 0 Å². The largest absolute Gasteiger partial charge is 0.328 e. The monoisotopic (exact) mass is 118 g/mol. The molecule has 4 N–H and O–H groups in total. The van der Waals surface area contributed by atoms with Crippen LogP contribution >= 0.6 is 0 Å². The van der Waals surface area contributed by atoms with Crippen LogP contribution in [0.3, 0.4) is 0 Å². The summed E-state index contributed by atoms with van der Waals surface area (Å²) in [7, 11) is 0. The molecule has 8 heavy (non-hydrogen) atoms. The molecule has 3 heteroatoms. The quantitative estimate of drug-likeness (QED) is 0.500. The van der Waals surface area contributed by atoms with Crippen LogP contribution in [0, 0.1) is 0 Å². The molecule has 0 aromatic heterocycles. The molecule has 1 rings (SSSR count). The fraction of sp³-hybridized carbons (Fsp3) is 1.00.